The minimum absolute atomic E-state index is 0.168. The standard InChI is InChI=1S/C29H29ClF3N5O4/c1-28(2)41-16-21(42-28)15-40-24-12-19(8-9-34-24)35-27(39)38-20-7-4-10-37(14-20)23-13-22(30)25(36-26(23)38)17-5-3-6-18(11-17)29(31,32)33/h3,5-6,8-9,11-13,20-21H,4,7,10,14-16H2,1-2H3,(H,34,35,39)/t20-,21+/m0/s1. The summed E-state index contributed by atoms with van der Waals surface area (Å²) in [6.45, 7) is 5.64. The first kappa shape index (κ1) is 28.5. The van der Waals surface area contributed by atoms with E-state index in [9.17, 15) is 18.0 Å². The van der Waals surface area contributed by atoms with Gasteiger partial charge in [-0.2, -0.15) is 13.2 Å². The van der Waals surface area contributed by atoms with Crippen molar-refractivity contribution in [1.29, 1.82) is 0 Å². The third-order valence-corrected chi connectivity index (χ3v) is 7.71. The Balaban J connectivity index is 1.27. The van der Waals surface area contributed by atoms with Gasteiger partial charge in [0, 0.05) is 36.6 Å². The molecule has 42 heavy (non-hydrogen) atoms. The van der Waals surface area contributed by atoms with E-state index in [0.717, 1.165) is 31.5 Å². The van der Waals surface area contributed by atoms with E-state index >= 15 is 0 Å². The van der Waals surface area contributed by atoms with Gasteiger partial charge in [-0.25, -0.2) is 14.8 Å². The summed E-state index contributed by atoms with van der Waals surface area (Å²) in [7, 11) is 0. The summed E-state index contributed by atoms with van der Waals surface area (Å²) in [6.07, 6.45) is -1.64. The van der Waals surface area contributed by atoms with Crippen LogP contribution in [0.25, 0.3) is 11.3 Å². The summed E-state index contributed by atoms with van der Waals surface area (Å²) in [4.78, 5) is 26.4. The number of pyridine rings is 2. The van der Waals surface area contributed by atoms with Crippen LogP contribution in [0.5, 0.6) is 5.88 Å². The lowest BCUT2D eigenvalue weighted by Gasteiger charge is -2.46. The van der Waals surface area contributed by atoms with Crippen LogP contribution in [0.15, 0.2) is 48.7 Å². The highest BCUT2D eigenvalue weighted by atomic mass is 35.5. The van der Waals surface area contributed by atoms with Crippen LogP contribution in [0.2, 0.25) is 5.02 Å². The number of halogens is 4. The number of piperidine rings is 1. The van der Waals surface area contributed by atoms with E-state index in [0.29, 0.717) is 36.2 Å². The summed E-state index contributed by atoms with van der Waals surface area (Å²) < 4.78 is 57.4. The summed E-state index contributed by atoms with van der Waals surface area (Å²) >= 11 is 6.58. The van der Waals surface area contributed by atoms with Crippen molar-refractivity contribution in [1.82, 2.24) is 9.97 Å². The van der Waals surface area contributed by atoms with Crippen molar-refractivity contribution in [3.63, 3.8) is 0 Å². The minimum atomic E-state index is -4.52. The van der Waals surface area contributed by atoms with Crippen molar-refractivity contribution < 1.29 is 32.2 Å². The fraction of sp³-hybridized carbons (Fsp3) is 0.414. The molecule has 2 fully saturated rings. The van der Waals surface area contributed by atoms with Crippen LogP contribution in [-0.2, 0) is 15.7 Å². The molecule has 0 spiro atoms. The third-order valence-electron chi connectivity index (χ3n) is 7.42. The van der Waals surface area contributed by atoms with Crippen molar-refractivity contribution >= 4 is 34.8 Å². The molecule has 0 saturated carbocycles. The van der Waals surface area contributed by atoms with Gasteiger partial charge in [-0.05, 0) is 51.0 Å². The summed E-state index contributed by atoms with van der Waals surface area (Å²) in [5.41, 5.74) is 0.682. The van der Waals surface area contributed by atoms with Crippen LogP contribution < -0.4 is 19.9 Å². The van der Waals surface area contributed by atoms with Gasteiger partial charge in [0.25, 0.3) is 0 Å². The number of nitrogens with one attached hydrogen (secondary N) is 1. The van der Waals surface area contributed by atoms with Crippen LogP contribution in [-0.4, -0.2) is 60.2 Å². The zero-order valence-corrected chi connectivity index (χ0v) is 23.7. The minimum Gasteiger partial charge on any atom is -0.475 e. The van der Waals surface area contributed by atoms with Crippen molar-refractivity contribution in [2.75, 3.05) is 41.4 Å². The van der Waals surface area contributed by atoms with Crippen molar-refractivity contribution in [3.8, 4) is 17.1 Å². The number of aromatic nitrogens is 2. The molecule has 9 nitrogen and oxygen atoms in total. The second-order valence-corrected chi connectivity index (χ2v) is 11.3. The van der Waals surface area contributed by atoms with Crippen molar-refractivity contribution in [2.24, 2.45) is 0 Å². The molecule has 13 heteroatoms. The molecule has 6 rings (SSSR count). The van der Waals surface area contributed by atoms with Gasteiger partial charge < -0.3 is 24.4 Å². The Labute approximate surface area is 245 Å². The Morgan fingerprint density at radius 2 is 2.07 bits per heavy atom. The zero-order chi connectivity index (χ0) is 29.6. The number of ether oxygens (including phenoxy) is 3. The molecular weight excluding hydrogens is 575 g/mol. The SMILES string of the molecule is CC1(C)OC[C@@H](COc2cc(NC(=O)N3c4nc(-c5cccc(C(F)(F)F)c5)c(Cl)cc4N4CCC[C@H]3C4)ccn2)O1. The van der Waals surface area contributed by atoms with E-state index < -0.39 is 23.6 Å². The van der Waals surface area contributed by atoms with Gasteiger partial charge in [-0.3, -0.25) is 4.90 Å². The molecule has 2 atom stereocenters. The molecule has 0 radical (unpaired) electrons. The summed E-state index contributed by atoms with van der Waals surface area (Å²) in [5, 5.41) is 3.11. The molecule has 1 N–H and O–H groups in total. The Morgan fingerprint density at radius 3 is 2.83 bits per heavy atom. The van der Waals surface area contributed by atoms with E-state index in [2.05, 4.69) is 15.2 Å². The highest BCUT2D eigenvalue weighted by molar-refractivity contribution is 6.33. The Morgan fingerprint density at radius 1 is 1.24 bits per heavy atom. The molecule has 3 aliphatic heterocycles. The highest BCUT2D eigenvalue weighted by Crippen LogP contribution is 2.43. The van der Waals surface area contributed by atoms with Gasteiger partial charge in [-0.1, -0.05) is 23.7 Å². The number of anilines is 3. The molecule has 1 aromatic carbocycles. The third kappa shape index (κ3) is 5.83. The first-order valence-electron chi connectivity index (χ1n) is 13.6. The second-order valence-electron chi connectivity index (χ2n) is 10.9. The number of carbonyl (C=O) groups excluding carboxylic acids is 1. The molecule has 5 heterocycles. The molecular formula is C29H29ClF3N5O4. The van der Waals surface area contributed by atoms with Gasteiger partial charge in [-0.15, -0.1) is 0 Å². The van der Waals surface area contributed by atoms with Crippen LogP contribution >= 0.6 is 11.6 Å². The fourth-order valence-corrected chi connectivity index (χ4v) is 5.77. The number of carbonyl (C=O) groups is 1. The van der Waals surface area contributed by atoms with Gasteiger partial charge in [0.15, 0.2) is 11.6 Å². The number of amides is 2. The smallest absolute Gasteiger partial charge is 0.416 e. The summed E-state index contributed by atoms with van der Waals surface area (Å²) in [5.74, 6) is -0.0248. The Bertz CT molecular complexity index is 1500. The topological polar surface area (TPSA) is 89.1 Å². The number of fused-ring (bicyclic) bond motifs is 4. The van der Waals surface area contributed by atoms with Gasteiger partial charge >= 0.3 is 12.2 Å². The number of hydrogen-bond donors (Lipinski definition) is 1. The van der Waals surface area contributed by atoms with E-state index in [1.807, 2.05) is 13.8 Å². The Kier molecular flexibility index (Phi) is 7.40. The average Bonchev–Trinajstić information content (AvgIpc) is 3.30. The molecule has 2 saturated heterocycles. The van der Waals surface area contributed by atoms with Crippen LogP contribution in [0, 0.1) is 0 Å². The van der Waals surface area contributed by atoms with Gasteiger partial charge in [0.1, 0.15) is 12.7 Å². The van der Waals surface area contributed by atoms with Crippen LogP contribution in [0.4, 0.5) is 35.2 Å². The molecule has 0 aliphatic carbocycles. The van der Waals surface area contributed by atoms with Gasteiger partial charge in [0.05, 0.1) is 34.6 Å². The van der Waals surface area contributed by atoms with Crippen LogP contribution in [0.1, 0.15) is 32.3 Å². The predicted octanol–water partition coefficient (Wildman–Crippen LogP) is 6.37. The number of urea groups is 1. The van der Waals surface area contributed by atoms with E-state index in [1.165, 1.54) is 18.3 Å². The quantitative estimate of drug-likeness (QED) is 0.363. The highest BCUT2D eigenvalue weighted by Gasteiger charge is 2.39. The normalized spacial score (nSPS) is 21.2. The van der Waals surface area contributed by atoms with E-state index in [1.54, 1.807) is 23.1 Å². The van der Waals surface area contributed by atoms with Crippen molar-refractivity contribution in [2.45, 2.75) is 50.8 Å². The lowest BCUT2D eigenvalue weighted by atomic mass is 9.99. The lowest BCUT2D eigenvalue weighted by molar-refractivity contribution is -0.141. The zero-order valence-electron chi connectivity index (χ0n) is 22.9. The molecule has 222 valence electrons. The molecule has 3 aliphatic rings. The first-order chi connectivity index (χ1) is 20.0. The molecule has 0 unspecified atom stereocenters. The molecule has 3 aromatic rings. The Hall–Kier alpha value is -3.61. The lowest BCUT2D eigenvalue weighted by Crippen LogP contribution is -2.56. The maximum absolute atomic E-state index is 13.8. The maximum atomic E-state index is 13.8. The number of alkyl halides is 3. The largest absolute Gasteiger partial charge is 0.475 e. The molecule has 2 bridgehead atoms. The number of benzene rings is 1. The second kappa shape index (κ2) is 10.9. The van der Waals surface area contributed by atoms with E-state index in [-0.39, 0.29) is 35.0 Å². The van der Waals surface area contributed by atoms with Crippen molar-refractivity contribution in [3.05, 3.63) is 59.2 Å². The number of nitrogens with zero attached hydrogens (tertiary/aromatic N) is 4. The number of rotatable bonds is 5. The first-order valence-corrected chi connectivity index (χ1v) is 14.0. The van der Waals surface area contributed by atoms with Gasteiger partial charge in [0.2, 0.25) is 5.88 Å². The summed E-state index contributed by atoms with van der Waals surface area (Å²) in [6, 6.07) is 9.15. The maximum Gasteiger partial charge on any atom is 0.416 e. The van der Waals surface area contributed by atoms with Crippen LogP contribution in [0.3, 0.4) is 0 Å². The number of hydrogen-bond acceptors (Lipinski definition) is 7. The molecule has 2 aromatic heterocycles. The fourth-order valence-electron chi connectivity index (χ4n) is 5.52. The predicted molar refractivity (Wildman–Crippen MR) is 151 cm³/mol. The monoisotopic (exact) mass is 603 g/mol. The average molecular weight is 604 g/mol. The van der Waals surface area contributed by atoms with E-state index in [4.69, 9.17) is 30.8 Å². The molecule has 2 amide bonds.